The van der Waals surface area contributed by atoms with Crippen LogP contribution in [0.15, 0.2) is 0 Å². The summed E-state index contributed by atoms with van der Waals surface area (Å²) in [5.74, 6) is 0.951. The molecule has 1 heterocycles. The summed E-state index contributed by atoms with van der Waals surface area (Å²) in [6.07, 6.45) is 8.47. The molecule has 2 heteroatoms. The van der Waals surface area contributed by atoms with E-state index >= 15 is 0 Å². The summed E-state index contributed by atoms with van der Waals surface area (Å²) in [6.45, 7) is 8.52. The highest BCUT2D eigenvalue weighted by Gasteiger charge is 2.30. The molecule has 0 aromatic rings. The van der Waals surface area contributed by atoms with E-state index in [0.717, 1.165) is 18.0 Å². The third-order valence-corrected chi connectivity index (χ3v) is 4.36. The predicted molar refractivity (Wildman–Crippen MR) is 69.7 cm³/mol. The Hall–Kier alpha value is -0.0800. The van der Waals surface area contributed by atoms with Crippen molar-refractivity contribution in [3.63, 3.8) is 0 Å². The maximum Gasteiger partial charge on any atom is 0.0235 e. The van der Waals surface area contributed by atoms with Gasteiger partial charge in [-0.15, -0.1) is 0 Å². The molecule has 1 N–H and O–H groups in total. The average molecular weight is 224 g/mol. The minimum Gasteiger partial charge on any atom is -0.315 e. The summed E-state index contributed by atoms with van der Waals surface area (Å²) < 4.78 is 0. The lowest BCUT2D eigenvalue weighted by Crippen LogP contribution is -2.46. The van der Waals surface area contributed by atoms with E-state index in [2.05, 4.69) is 24.1 Å². The summed E-state index contributed by atoms with van der Waals surface area (Å²) in [4.78, 5) is 2.83. The van der Waals surface area contributed by atoms with E-state index in [9.17, 15) is 0 Å². The summed E-state index contributed by atoms with van der Waals surface area (Å²) in [7, 11) is 0. The fraction of sp³-hybridized carbons (Fsp3) is 1.00. The molecule has 1 saturated carbocycles. The Morgan fingerprint density at radius 3 is 2.69 bits per heavy atom. The first kappa shape index (κ1) is 12.4. The van der Waals surface area contributed by atoms with E-state index in [-0.39, 0.29) is 0 Å². The molecule has 0 amide bonds. The largest absolute Gasteiger partial charge is 0.315 e. The van der Waals surface area contributed by atoms with E-state index in [1.807, 2.05) is 0 Å². The van der Waals surface area contributed by atoms with Crippen LogP contribution in [0.5, 0.6) is 0 Å². The number of hydrogen-bond donors (Lipinski definition) is 1. The monoisotopic (exact) mass is 224 g/mol. The molecule has 3 atom stereocenters. The van der Waals surface area contributed by atoms with Gasteiger partial charge in [-0.2, -0.15) is 0 Å². The van der Waals surface area contributed by atoms with Gasteiger partial charge in [0.15, 0.2) is 0 Å². The zero-order chi connectivity index (χ0) is 11.4. The number of rotatable bonds is 4. The van der Waals surface area contributed by atoms with Gasteiger partial charge < -0.3 is 5.32 Å². The van der Waals surface area contributed by atoms with Crippen LogP contribution in [0.3, 0.4) is 0 Å². The van der Waals surface area contributed by atoms with Gasteiger partial charge in [-0.1, -0.05) is 26.7 Å². The second kappa shape index (κ2) is 6.02. The molecule has 0 spiro atoms. The van der Waals surface area contributed by atoms with Gasteiger partial charge in [-0.05, 0) is 44.7 Å². The van der Waals surface area contributed by atoms with Crippen LogP contribution in [-0.4, -0.2) is 36.6 Å². The van der Waals surface area contributed by atoms with Crippen LogP contribution in [0.1, 0.15) is 52.4 Å². The van der Waals surface area contributed by atoms with Crippen molar-refractivity contribution in [1.82, 2.24) is 10.2 Å². The summed E-state index contributed by atoms with van der Waals surface area (Å²) in [5, 5.41) is 3.52. The van der Waals surface area contributed by atoms with Gasteiger partial charge in [0.2, 0.25) is 0 Å². The van der Waals surface area contributed by atoms with Crippen LogP contribution in [0.2, 0.25) is 0 Å². The van der Waals surface area contributed by atoms with Crippen molar-refractivity contribution in [3.8, 4) is 0 Å². The predicted octanol–water partition coefficient (Wildman–Crippen LogP) is 2.64. The standard InChI is InChI=1S/C14H28N2/c1-3-9-16(14-7-8-15-11-14)13-6-4-5-12(2)10-13/h12-15H,3-11H2,1-2H3. The third kappa shape index (κ3) is 2.98. The molecule has 94 valence electrons. The van der Waals surface area contributed by atoms with E-state index in [1.54, 1.807) is 0 Å². The zero-order valence-corrected chi connectivity index (χ0v) is 11.0. The van der Waals surface area contributed by atoms with E-state index in [4.69, 9.17) is 0 Å². The van der Waals surface area contributed by atoms with Crippen LogP contribution >= 0.6 is 0 Å². The number of hydrogen-bond acceptors (Lipinski definition) is 2. The molecule has 1 aliphatic carbocycles. The molecule has 16 heavy (non-hydrogen) atoms. The highest BCUT2D eigenvalue weighted by atomic mass is 15.2. The summed E-state index contributed by atoms with van der Waals surface area (Å²) in [5.41, 5.74) is 0. The first-order valence-electron chi connectivity index (χ1n) is 7.27. The van der Waals surface area contributed by atoms with Gasteiger partial charge in [0.05, 0.1) is 0 Å². The lowest BCUT2D eigenvalue weighted by Gasteiger charge is -2.40. The first-order chi connectivity index (χ1) is 7.81. The summed E-state index contributed by atoms with van der Waals surface area (Å²) >= 11 is 0. The minimum atomic E-state index is 0.829. The van der Waals surface area contributed by atoms with Crippen LogP contribution in [0, 0.1) is 5.92 Å². The van der Waals surface area contributed by atoms with Crippen LogP contribution in [-0.2, 0) is 0 Å². The van der Waals surface area contributed by atoms with Gasteiger partial charge in [0, 0.05) is 18.6 Å². The Labute approximate surface area is 101 Å². The highest BCUT2D eigenvalue weighted by Crippen LogP contribution is 2.29. The molecule has 2 rings (SSSR count). The van der Waals surface area contributed by atoms with Crippen molar-refractivity contribution in [3.05, 3.63) is 0 Å². The van der Waals surface area contributed by atoms with Crippen LogP contribution in [0.4, 0.5) is 0 Å². The molecule has 2 fully saturated rings. The Bertz CT molecular complexity index is 199. The Morgan fingerprint density at radius 2 is 2.06 bits per heavy atom. The first-order valence-corrected chi connectivity index (χ1v) is 7.27. The van der Waals surface area contributed by atoms with E-state index in [1.165, 1.54) is 58.2 Å². The number of nitrogens with zero attached hydrogens (tertiary/aromatic N) is 1. The van der Waals surface area contributed by atoms with E-state index < -0.39 is 0 Å². The maximum atomic E-state index is 3.52. The quantitative estimate of drug-likeness (QED) is 0.790. The minimum absolute atomic E-state index is 0.829. The molecular formula is C14H28N2. The molecule has 2 nitrogen and oxygen atoms in total. The smallest absolute Gasteiger partial charge is 0.0235 e. The maximum absolute atomic E-state index is 3.52. The van der Waals surface area contributed by atoms with Crippen molar-refractivity contribution in [2.75, 3.05) is 19.6 Å². The van der Waals surface area contributed by atoms with Crippen molar-refractivity contribution in [2.24, 2.45) is 5.92 Å². The fourth-order valence-corrected chi connectivity index (χ4v) is 3.55. The second-order valence-corrected chi connectivity index (χ2v) is 5.81. The van der Waals surface area contributed by atoms with Gasteiger partial charge in [-0.3, -0.25) is 4.90 Å². The highest BCUT2D eigenvalue weighted by molar-refractivity contribution is 4.87. The summed E-state index contributed by atoms with van der Waals surface area (Å²) in [6, 6.07) is 1.71. The van der Waals surface area contributed by atoms with Crippen molar-refractivity contribution >= 4 is 0 Å². The SMILES string of the molecule is CCCN(C1CCNC1)C1CCCC(C)C1. The molecule has 0 radical (unpaired) electrons. The second-order valence-electron chi connectivity index (χ2n) is 5.81. The van der Waals surface area contributed by atoms with Crippen molar-refractivity contribution in [1.29, 1.82) is 0 Å². The fourth-order valence-electron chi connectivity index (χ4n) is 3.55. The number of nitrogens with one attached hydrogen (secondary N) is 1. The molecule has 0 bridgehead atoms. The van der Waals surface area contributed by atoms with E-state index in [0.29, 0.717) is 0 Å². The van der Waals surface area contributed by atoms with Gasteiger partial charge in [0.1, 0.15) is 0 Å². The molecule has 3 unspecified atom stereocenters. The molecule has 1 saturated heterocycles. The average Bonchev–Trinajstić information content (AvgIpc) is 2.79. The molecule has 2 aliphatic rings. The lowest BCUT2D eigenvalue weighted by molar-refractivity contribution is 0.0959. The van der Waals surface area contributed by atoms with Crippen molar-refractivity contribution < 1.29 is 0 Å². The molecule has 1 aliphatic heterocycles. The topological polar surface area (TPSA) is 15.3 Å². The lowest BCUT2D eigenvalue weighted by atomic mass is 9.85. The Kier molecular flexibility index (Phi) is 4.66. The van der Waals surface area contributed by atoms with Crippen molar-refractivity contribution in [2.45, 2.75) is 64.5 Å². The molecule has 0 aromatic heterocycles. The normalized spacial score (nSPS) is 35.8. The third-order valence-electron chi connectivity index (χ3n) is 4.36. The van der Waals surface area contributed by atoms with Gasteiger partial charge >= 0.3 is 0 Å². The molecular weight excluding hydrogens is 196 g/mol. The zero-order valence-electron chi connectivity index (χ0n) is 11.0. The molecule has 0 aromatic carbocycles. The Balaban J connectivity index is 1.93. The Morgan fingerprint density at radius 1 is 1.19 bits per heavy atom. The van der Waals surface area contributed by atoms with Gasteiger partial charge in [0.25, 0.3) is 0 Å². The van der Waals surface area contributed by atoms with Gasteiger partial charge in [-0.25, -0.2) is 0 Å². The van der Waals surface area contributed by atoms with Crippen LogP contribution in [0.25, 0.3) is 0 Å². The van der Waals surface area contributed by atoms with Crippen LogP contribution < -0.4 is 5.32 Å².